The van der Waals surface area contributed by atoms with E-state index in [4.69, 9.17) is 16.0 Å². The van der Waals surface area contributed by atoms with Crippen LogP contribution in [0.3, 0.4) is 0 Å². The summed E-state index contributed by atoms with van der Waals surface area (Å²) < 4.78 is 153. The van der Waals surface area contributed by atoms with Gasteiger partial charge >= 0.3 is 0 Å². The number of hydrogen-bond acceptors (Lipinski definition) is 1. The maximum Gasteiger partial charge on any atom is 0.241 e. The van der Waals surface area contributed by atoms with Crippen molar-refractivity contribution >= 4 is 92.9 Å². The molecule has 5 heterocycles. The molecule has 0 aliphatic carbocycles. The highest BCUT2D eigenvalue weighted by molar-refractivity contribution is 6.15. The Bertz CT molecular complexity index is 4630. The summed E-state index contributed by atoms with van der Waals surface area (Å²) in [6.45, 7) is 9.59. The molecule has 0 spiro atoms. The molecule has 13 rings (SSSR count). The van der Waals surface area contributed by atoms with Crippen molar-refractivity contribution in [2.75, 3.05) is 0 Å². The molecule has 0 N–H and O–H groups in total. The van der Waals surface area contributed by atoms with Crippen LogP contribution in [0.25, 0.3) is 115 Å². The first-order valence-corrected chi connectivity index (χ1v) is 18.9. The number of para-hydroxylation sites is 8. The average molecular weight is 781 g/mol. The summed E-state index contributed by atoms with van der Waals surface area (Å²) in [4.78, 5) is 9.94. The van der Waals surface area contributed by atoms with Crippen molar-refractivity contribution in [3.63, 3.8) is 0 Å². The summed E-state index contributed by atoms with van der Waals surface area (Å²) in [7, 11) is 0. The fraction of sp³-hybridized carbons (Fsp3) is 0. The Hall–Kier alpha value is -8.40. The molecule has 6 nitrogen and oxygen atoms in total. The zero-order chi connectivity index (χ0) is 53.4. The molecule has 0 aliphatic heterocycles. The van der Waals surface area contributed by atoms with Gasteiger partial charge in [0.2, 0.25) is 5.69 Å². The van der Waals surface area contributed by atoms with Crippen LogP contribution in [0.2, 0.25) is 0 Å². The van der Waals surface area contributed by atoms with Crippen LogP contribution < -0.4 is 0 Å². The lowest BCUT2D eigenvalue weighted by atomic mass is 10.2. The monoisotopic (exact) mass is 780 g/mol. The summed E-state index contributed by atoms with van der Waals surface area (Å²) in [6.07, 6.45) is 0. The molecule has 278 valence electrons. The molecule has 0 unspecified atom stereocenters. The predicted octanol–water partition coefficient (Wildman–Crippen LogP) is 14.0. The summed E-state index contributed by atoms with van der Waals surface area (Å²) in [5.41, 5.74) is -0.0538. The van der Waals surface area contributed by atoms with Gasteiger partial charge in [-0.05, 0) is 48.4 Å². The number of nitrogens with zero attached hydrogens (tertiary/aromatic N) is 6. The normalized spacial score (nSPS) is 15.7. The maximum absolute atomic E-state index is 9.64. The number of benzene rings is 8. The van der Waals surface area contributed by atoms with Crippen LogP contribution in [0.4, 0.5) is 5.69 Å². The molecular formula is C54H32N6. The zero-order valence-corrected chi connectivity index (χ0v) is 30.9. The van der Waals surface area contributed by atoms with Crippen molar-refractivity contribution in [2.45, 2.75) is 0 Å². The highest BCUT2D eigenvalue weighted by Crippen LogP contribution is 2.48. The quantitative estimate of drug-likeness (QED) is 0.164. The van der Waals surface area contributed by atoms with Crippen LogP contribution in [-0.2, 0) is 0 Å². The summed E-state index contributed by atoms with van der Waals surface area (Å²) in [5, 5.41) is 1.68. The number of aromatic nitrogens is 5. The minimum absolute atomic E-state index is 0.0719. The lowest BCUT2D eigenvalue weighted by Gasteiger charge is -2.24. The van der Waals surface area contributed by atoms with Gasteiger partial charge in [-0.15, -0.1) is 0 Å². The van der Waals surface area contributed by atoms with Gasteiger partial charge in [-0.2, -0.15) is 0 Å². The lowest BCUT2D eigenvalue weighted by molar-refractivity contribution is 0.964. The summed E-state index contributed by atoms with van der Waals surface area (Å²) in [6, 6.07) is 18.7. The second kappa shape index (κ2) is 12.3. The number of hydrogen-bond donors (Lipinski definition) is 0. The van der Waals surface area contributed by atoms with E-state index in [9.17, 15) is 17.5 Å². The molecule has 0 fully saturated rings. The van der Waals surface area contributed by atoms with Crippen LogP contribution in [0.1, 0.15) is 21.9 Å². The smallest absolute Gasteiger partial charge is 0.241 e. The van der Waals surface area contributed by atoms with E-state index in [2.05, 4.69) is 4.85 Å². The van der Waals surface area contributed by atoms with E-state index in [0.29, 0.717) is 21.5 Å². The average Bonchev–Trinajstić information content (AvgIpc) is 4.38. The maximum atomic E-state index is 9.64. The predicted molar refractivity (Wildman–Crippen MR) is 248 cm³/mol. The largest absolute Gasteiger partial charge is 0.315 e. The first-order chi connectivity index (χ1) is 36.4. The number of pyridine rings is 1. The van der Waals surface area contributed by atoms with Gasteiger partial charge in [-0.25, -0.2) is 9.83 Å². The Morgan fingerprint density at radius 3 is 0.967 bits per heavy atom. The number of rotatable bonds is 4. The Morgan fingerprint density at radius 2 is 0.633 bits per heavy atom. The highest BCUT2D eigenvalue weighted by atomic mass is 15.2. The molecule has 8 aromatic carbocycles. The molecular weight excluding hydrogens is 733 g/mol. The van der Waals surface area contributed by atoms with Gasteiger partial charge in [0.25, 0.3) is 0 Å². The molecule has 5 aromatic heterocycles. The molecule has 13 aromatic rings. The molecule has 60 heavy (non-hydrogen) atoms. The molecule has 0 aliphatic rings. The van der Waals surface area contributed by atoms with E-state index in [0.717, 1.165) is 0 Å². The van der Waals surface area contributed by atoms with Crippen LogP contribution in [0.15, 0.2) is 194 Å². The van der Waals surface area contributed by atoms with Crippen LogP contribution in [-0.4, -0.2) is 23.3 Å². The van der Waals surface area contributed by atoms with Gasteiger partial charge in [0.15, 0.2) is 11.6 Å². The van der Waals surface area contributed by atoms with E-state index in [1.807, 2.05) is 0 Å². The first-order valence-electron chi connectivity index (χ1n) is 26.9. The third-order valence-electron chi connectivity index (χ3n) is 11.3. The van der Waals surface area contributed by atoms with Crippen LogP contribution in [0.5, 0.6) is 0 Å². The van der Waals surface area contributed by atoms with E-state index in [1.54, 1.807) is 97.1 Å². The Balaban J connectivity index is 1.42. The van der Waals surface area contributed by atoms with Crippen molar-refractivity contribution < 1.29 is 21.9 Å². The van der Waals surface area contributed by atoms with Crippen LogP contribution in [0, 0.1) is 6.57 Å². The van der Waals surface area contributed by atoms with Gasteiger partial charge < -0.3 is 9.13 Å². The standard InChI is InChI=1S/C54H32N6/c1-55-50-51(57-42-26-10-2-18-34(42)35-19-3-11-27-43(35)57)53(59-46-30-14-6-22-38(46)39-23-7-15-31-47(39)59)56-54(60-48-32-16-8-24-40(48)41-25-9-17-33-49(41)60)52(50)58-44-28-12-4-20-36(44)37-21-5-13-29-45(37)58/h2-33H/i2D,4D,6D,8D,10D,12D,14D,16D,18D,20D,22D,24D,26D,28D,30D,32D. The van der Waals surface area contributed by atoms with Crippen molar-refractivity contribution in [2.24, 2.45) is 0 Å². The topological polar surface area (TPSA) is 37.0 Å². The summed E-state index contributed by atoms with van der Waals surface area (Å²) >= 11 is 0. The second-order valence-electron chi connectivity index (χ2n) is 14.2. The van der Waals surface area contributed by atoms with Crippen molar-refractivity contribution in [3.8, 4) is 23.0 Å². The molecule has 0 saturated heterocycles. The van der Waals surface area contributed by atoms with E-state index >= 15 is 0 Å². The minimum Gasteiger partial charge on any atom is -0.315 e. The molecule has 0 amide bonds. The highest BCUT2D eigenvalue weighted by Gasteiger charge is 2.31. The van der Waals surface area contributed by atoms with Crippen LogP contribution >= 0.6 is 0 Å². The first kappa shape index (κ1) is 20.9. The fourth-order valence-electron chi connectivity index (χ4n) is 8.94. The van der Waals surface area contributed by atoms with Gasteiger partial charge in [-0.3, -0.25) is 9.13 Å². The lowest BCUT2D eigenvalue weighted by Crippen LogP contribution is -2.14. The zero-order valence-electron chi connectivity index (χ0n) is 46.9. The summed E-state index contributed by atoms with van der Waals surface area (Å²) in [5.74, 6) is -0.462. The third kappa shape index (κ3) is 4.27. The minimum atomic E-state index is -0.610. The van der Waals surface area contributed by atoms with Gasteiger partial charge in [0.1, 0.15) is 0 Å². The third-order valence-corrected chi connectivity index (χ3v) is 11.3. The molecule has 6 heteroatoms. The van der Waals surface area contributed by atoms with Crippen molar-refractivity contribution in [1.29, 1.82) is 0 Å². The second-order valence-corrected chi connectivity index (χ2v) is 14.2. The van der Waals surface area contributed by atoms with Gasteiger partial charge in [-0.1, -0.05) is 145 Å². The molecule has 0 atom stereocenters. The molecule has 0 radical (unpaired) electrons. The molecule has 0 saturated carbocycles. The Morgan fingerprint density at radius 1 is 0.350 bits per heavy atom. The SMILES string of the molecule is [2H]c1c([2H])c([2H])c2c(c1[2H])c1ccccc1n2-c1nc(-n2c3ccccc3c3c([2H])c([2H])c([2H])c([2H])c32)c(-n2c3ccccc3c3c([2H])c([2H])c([2H])c([2H])c32)c([N+]#[C-])c1-n1c2ccccc2c2c([2H])c([2H])c([2H])c([2H])c21. The van der Waals surface area contributed by atoms with E-state index in [-0.39, 0.29) is 94.4 Å². The number of fused-ring (bicyclic) bond motifs is 12. The Kier molecular flexibility index (Phi) is 4.27. The Labute approximate surface area is 365 Å². The van der Waals surface area contributed by atoms with E-state index < -0.39 is 96.7 Å². The van der Waals surface area contributed by atoms with Gasteiger partial charge in [0, 0.05) is 43.1 Å². The van der Waals surface area contributed by atoms with Gasteiger partial charge in [0.05, 0.1) is 84.0 Å². The van der Waals surface area contributed by atoms with Crippen molar-refractivity contribution in [1.82, 2.24) is 23.3 Å². The van der Waals surface area contributed by atoms with E-state index in [1.165, 1.54) is 18.3 Å². The molecule has 0 bridgehead atoms. The fourth-order valence-corrected chi connectivity index (χ4v) is 8.94. The van der Waals surface area contributed by atoms with Crippen molar-refractivity contribution in [3.05, 3.63) is 205 Å².